The molecule has 1 aromatic rings. The minimum absolute atomic E-state index is 0.0681. The lowest BCUT2D eigenvalue weighted by atomic mass is 10.2. The average Bonchev–Trinajstić information content (AvgIpc) is 3.13. The molecule has 2 rings (SSSR count). The van der Waals surface area contributed by atoms with Gasteiger partial charge in [-0.15, -0.1) is 0 Å². The first kappa shape index (κ1) is 13.5. The van der Waals surface area contributed by atoms with E-state index in [4.69, 9.17) is 4.74 Å². The number of hydrogen-bond donors (Lipinski definition) is 0. The monoisotopic (exact) mass is 315 g/mol. The molecular weight excluding hydrogens is 301 g/mol. The summed E-state index contributed by atoms with van der Waals surface area (Å²) in [5.74, 6) is -0.422. The molecule has 1 aliphatic carbocycles. The van der Waals surface area contributed by atoms with Gasteiger partial charge in [0.25, 0.3) is 5.91 Å². The van der Waals surface area contributed by atoms with Crippen LogP contribution in [0.1, 0.15) is 23.2 Å². The SMILES string of the molecule is COCCN(C(=O)c1ccc(F)cc1Br)C1CC1. The zero-order chi connectivity index (χ0) is 13.1. The summed E-state index contributed by atoms with van der Waals surface area (Å²) in [4.78, 5) is 14.2. The van der Waals surface area contributed by atoms with Gasteiger partial charge in [-0.05, 0) is 47.0 Å². The van der Waals surface area contributed by atoms with Crippen LogP contribution < -0.4 is 0 Å². The third kappa shape index (κ3) is 3.09. The fraction of sp³-hybridized carbons (Fsp3) is 0.462. The molecule has 3 nitrogen and oxygen atoms in total. The van der Waals surface area contributed by atoms with Crippen molar-refractivity contribution < 1.29 is 13.9 Å². The van der Waals surface area contributed by atoms with Crippen molar-refractivity contribution >= 4 is 21.8 Å². The number of carbonyl (C=O) groups excluding carboxylic acids is 1. The van der Waals surface area contributed by atoms with Gasteiger partial charge >= 0.3 is 0 Å². The summed E-state index contributed by atoms with van der Waals surface area (Å²) in [5.41, 5.74) is 0.499. The van der Waals surface area contributed by atoms with E-state index in [0.29, 0.717) is 29.2 Å². The summed E-state index contributed by atoms with van der Waals surface area (Å²) in [6.07, 6.45) is 2.07. The third-order valence-corrected chi connectivity index (χ3v) is 3.60. The number of halogens is 2. The lowest BCUT2D eigenvalue weighted by Gasteiger charge is -2.22. The molecule has 98 valence electrons. The highest BCUT2D eigenvalue weighted by molar-refractivity contribution is 9.10. The van der Waals surface area contributed by atoms with E-state index in [-0.39, 0.29) is 11.7 Å². The van der Waals surface area contributed by atoms with E-state index >= 15 is 0 Å². The Labute approximate surface area is 114 Å². The highest BCUT2D eigenvalue weighted by Crippen LogP contribution is 2.29. The fourth-order valence-electron chi connectivity index (χ4n) is 1.84. The van der Waals surface area contributed by atoms with Crippen LogP contribution in [0.25, 0.3) is 0 Å². The van der Waals surface area contributed by atoms with Crippen molar-refractivity contribution in [2.45, 2.75) is 18.9 Å². The molecule has 0 saturated heterocycles. The van der Waals surface area contributed by atoms with Crippen LogP contribution in [0.3, 0.4) is 0 Å². The van der Waals surface area contributed by atoms with Crippen LogP contribution in [0.4, 0.5) is 4.39 Å². The molecule has 0 bridgehead atoms. The Morgan fingerprint density at radius 3 is 2.83 bits per heavy atom. The first-order valence-electron chi connectivity index (χ1n) is 5.88. The third-order valence-electron chi connectivity index (χ3n) is 2.95. The van der Waals surface area contributed by atoms with Crippen molar-refractivity contribution in [1.29, 1.82) is 0 Å². The minimum Gasteiger partial charge on any atom is -0.383 e. The highest BCUT2D eigenvalue weighted by Gasteiger charge is 2.33. The van der Waals surface area contributed by atoms with Gasteiger partial charge in [0, 0.05) is 24.2 Å². The Bertz CT molecular complexity index is 449. The molecule has 5 heteroatoms. The van der Waals surface area contributed by atoms with E-state index < -0.39 is 0 Å². The van der Waals surface area contributed by atoms with Crippen LogP contribution >= 0.6 is 15.9 Å². The molecule has 0 atom stereocenters. The summed E-state index contributed by atoms with van der Waals surface area (Å²) in [6.45, 7) is 1.09. The van der Waals surface area contributed by atoms with Crippen molar-refractivity contribution in [2.75, 3.05) is 20.3 Å². The van der Waals surface area contributed by atoms with Crippen LogP contribution in [0.15, 0.2) is 22.7 Å². The summed E-state index contributed by atoms with van der Waals surface area (Å²) in [5, 5.41) is 0. The smallest absolute Gasteiger partial charge is 0.255 e. The number of carbonyl (C=O) groups is 1. The molecule has 1 saturated carbocycles. The Kier molecular flexibility index (Phi) is 4.35. The Morgan fingerprint density at radius 1 is 1.56 bits per heavy atom. The van der Waals surface area contributed by atoms with Gasteiger partial charge in [-0.3, -0.25) is 4.79 Å². The predicted molar refractivity (Wildman–Crippen MR) is 70.0 cm³/mol. The summed E-state index contributed by atoms with van der Waals surface area (Å²) in [6, 6.07) is 4.45. The predicted octanol–water partition coefficient (Wildman–Crippen LogP) is 2.84. The van der Waals surface area contributed by atoms with E-state index in [1.54, 1.807) is 7.11 Å². The number of benzene rings is 1. The largest absolute Gasteiger partial charge is 0.383 e. The zero-order valence-corrected chi connectivity index (χ0v) is 11.7. The minimum atomic E-state index is -0.353. The molecule has 1 aromatic carbocycles. The lowest BCUT2D eigenvalue weighted by Crippen LogP contribution is -2.36. The molecule has 0 heterocycles. The summed E-state index contributed by atoms with van der Waals surface area (Å²) in [7, 11) is 1.61. The van der Waals surface area contributed by atoms with Gasteiger partial charge in [-0.1, -0.05) is 0 Å². The van der Waals surface area contributed by atoms with Crippen LogP contribution in [0, 0.1) is 5.82 Å². The lowest BCUT2D eigenvalue weighted by molar-refractivity contribution is 0.0679. The first-order chi connectivity index (χ1) is 8.63. The maximum Gasteiger partial charge on any atom is 0.255 e. The van der Waals surface area contributed by atoms with E-state index in [0.717, 1.165) is 12.8 Å². The van der Waals surface area contributed by atoms with Crippen molar-refractivity contribution in [3.8, 4) is 0 Å². The molecule has 0 aliphatic heterocycles. The van der Waals surface area contributed by atoms with E-state index in [2.05, 4.69) is 15.9 Å². The zero-order valence-electron chi connectivity index (χ0n) is 10.2. The van der Waals surface area contributed by atoms with Gasteiger partial charge in [0.05, 0.1) is 12.2 Å². The first-order valence-corrected chi connectivity index (χ1v) is 6.67. The van der Waals surface area contributed by atoms with Gasteiger partial charge in [-0.25, -0.2) is 4.39 Å². The second kappa shape index (κ2) is 5.80. The number of amides is 1. The molecule has 0 N–H and O–H groups in total. The normalized spacial score (nSPS) is 14.6. The second-order valence-electron chi connectivity index (χ2n) is 4.35. The van der Waals surface area contributed by atoms with E-state index in [1.165, 1.54) is 18.2 Å². The fourth-order valence-corrected chi connectivity index (χ4v) is 2.36. The standard InChI is InChI=1S/C13H15BrFNO2/c1-18-7-6-16(10-3-4-10)13(17)11-5-2-9(15)8-12(11)14/h2,5,8,10H,3-4,6-7H2,1H3. The van der Waals surface area contributed by atoms with Gasteiger partial charge in [0.15, 0.2) is 0 Å². The average molecular weight is 316 g/mol. The van der Waals surface area contributed by atoms with Crippen molar-refractivity contribution in [3.05, 3.63) is 34.1 Å². The molecule has 0 unspecified atom stereocenters. The molecule has 1 fully saturated rings. The molecule has 0 spiro atoms. The number of nitrogens with zero attached hydrogens (tertiary/aromatic N) is 1. The van der Waals surface area contributed by atoms with Gasteiger partial charge in [0.1, 0.15) is 5.82 Å². The Balaban J connectivity index is 2.16. The molecular formula is C13H15BrFNO2. The maximum absolute atomic E-state index is 13.0. The van der Waals surface area contributed by atoms with Crippen LogP contribution in [0.2, 0.25) is 0 Å². The highest BCUT2D eigenvalue weighted by atomic mass is 79.9. The molecule has 18 heavy (non-hydrogen) atoms. The van der Waals surface area contributed by atoms with Gasteiger partial charge in [0.2, 0.25) is 0 Å². The molecule has 0 radical (unpaired) electrons. The van der Waals surface area contributed by atoms with Gasteiger partial charge < -0.3 is 9.64 Å². The van der Waals surface area contributed by atoms with Crippen LogP contribution in [0.5, 0.6) is 0 Å². The second-order valence-corrected chi connectivity index (χ2v) is 5.20. The van der Waals surface area contributed by atoms with E-state index in [1.807, 2.05) is 4.90 Å². The Hall–Kier alpha value is -0.940. The maximum atomic E-state index is 13.0. The number of ether oxygens (including phenoxy) is 1. The topological polar surface area (TPSA) is 29.5 Å². The molecule has 1 amide bonds. The van der Waals surface area contributed by atoms with E-state index in [9.17, 15) is 9.18 Å². The Morgan fingerprint density at radius 2 is 2.28 bits per heavy atom. The van der Waals surface area contributed by atoms with Crippen LogP contribution in [-0.4, -0.2) is 37.1 Å². The van der Waals surface area contributed by atoms with Crippen molar-refractivity contribution in [2.24, 2.45) is 0 Å². The summed E-state index contributed by atoms with van der Waals surface area (Å²) < 4.78 is 18.5. The quantitative estimate of drug-likeness (QED) is 0.836. The molecule has 0 aromatic heterocycles. The number of hydrogen-bond acceptors (Lipinski definition) is 2. The molecule has 1 aliphatic rings. The van der Waals surface area contributed by atoms with Gasteiger partial charge in [-0.2, -0.15) is 0 Å². The summed E-state index contributed by atoms with van der Waals surface area (Å²) >= 11 is 3.23. The van der Waals surface area contributed by atoms with Crippen molar-refractivity contribution in [1.82, 2.24) is 4.90 Å². The van der Waals surface area contributed by atoms with Crippen molar-refractivity contribution in [3.63, 3.8) is 0 Å². The number of rotatable bonds is 5. The number of methoxy groups -OCH3 is 1. The van der Waals surface area contributed by atoms with Crippen LogP contribution in [-0.2, 0) is 4.74 Å².